The Kier molecular flexibility index (Phi) is 6.64. The Hall–Kier alpha value is -1.34. The number of carboxylic acids is 1. The van der Waals surface area contributed by atoms with E-state index < -0.39 is 29.8 Å². The fraction of sp³-hybridized carbons (Fsp3) is 0.818. The standard InChI is InChI=1S/C11H22N2O5/c1-11(2,3)18-10(17)13-6-7(14)4-5-8(12)9(15)16/h7-8,14H,4-6,12H2,1-3H3,(H,13,17)(H,15,16)/t7-,8+/m1/s1. The second kappa shape index (κ2) is 7.17. The molecule has 2 atom stereocenters. The molecule has 7 heteroatoms. The molecule has 0 saturated heterocycles. The summed E-state index contributed by atoms with van der Waals surface area (Å²) in [5, 5.41) is 20.4. The zero-order chi connectivity index (χ0) is 14.3. The first-order valence-electron chi connectivity index (χ1n) is 5.75. The largest absolute Gasteiger partial charge is 0.480 e. The van der Waals surface area contributed by atoms with Crippen LogP contribution in [0.25, 0.3) is 0 Å². The van der Waals surface area contributed by atoms with Crippen LogP contribution in [0.2, 0.25) is 0 Å². The van der Waals surface area contributed by atoms with E-state index in [2.05, 4.69) is 5.32 Å². The second-order valence-electron chi connectivity index (χ2n) is 5.06. The number of ether oxygens (including phenoxy) is 1. The molecule has 0 bridgehead atoms. The molecule has 5 N–H and O–H groups in total. The van der Waals surface area contributed by atoms with Gasteiger partial charge >= 0.3 is 12.1 Å². The number of nitrogens with two attached hydrogens (primary N) is 1. The van der Waals surface area contributed by atoms with Crippen LogP contribution in [-0.4, -0.2) is 46.6 Å². The van der Waals surface area contributed by atoms with Crippen molar-refractivity contribution >= 4 is 12.1 Å². The van der Waals surface area contributed by atoms with Crippen molar-refractivity contribution in [3.63, 3.8) is 0 Å². The lowest BCUT2D eigenvalue weighted by molar-refractivity contribution is -0.138. The molecule has 1 amide bonds. The van der Waals surface area contributed by atoms with E-state index >= 15 is 0 Å². The number of carboxylic acid groups (broad SMARTS) is 1. The van der Waals surface area contributed by atoms with Crippen LogP contribution in [0.5, 0.6) is 0 Å². The first kappa shape index (κ1) is 16.7. The molecule has 0 aromatic carbocycles. The third-order valence-electron chi connectivity index (χ3n) is 2.01. The van der Waals surface area contributed by atoms with Gasteiger partial charge in [-0.1, -0.05) is 0 Å². The van der Waals surface area contributed by atoms with Crippen LogP contribution >= 0.6 is 0 Å². The second-order valence-corrected chi connectivity index (χ2v) is 5.06. The zero-order valence-electron chi connectivity index (χ0n) is 11.0. The van der Waals surface area contributed by atoms with Gasteiger partial charge in [0.25, 0.3) is 0 Å². The number of aliphatic hydroxyl groups excluding tert-OH is 1. The molecule has 18 heavy (non-hydrogen) atoms. The highest BCUT2D eigenvalue weighted by atomic mass is 16.6. The molecule has 0 saturated carbocycles. The van der Waals surface area contributed by atoms with Crippen LogP contribution in [0.3, 0.4) is 0 Å². The van der Waals surface area contributed by atoms with Crippen molar-refractivity contribution in [3.05, 3.63) is 0 Å². The van der Waals surface area contributed by atoms with E-state index in [0.717, 1.165) is 0 Å². The van der Waals surface area contributed by atoms with Gasteiger partial charge in [-0.05, 0) is 33.6 Å². The van der Waals surface area contributed by atoms with Crippen LogP contribution in [0.4, 0.5) is 4.79 Å². The van der Waals surface area contributed by atoms with Gasteiger partial charge in [0.05, 0.1) is 6.10 Å². The molecule has 0 aromatic heterocycles. The van der Waals surface area contributed by atoms with E-state index in [0.29, 0.717) is 0 Å². The van der Waals surface area contributed by atoms with Crippen LogP contribution in [0.1, 0.15) is 33.6 Å². The highest BCUT2D eigenvalue weighted by Crippen LogP contribution is 2.06. The van der Waals surface area contributed by atoms with Gasteiger partial charge in [0.1, 0.15) is 11.6 Å². The van der Waals surface area contributed by atoms with Crippen molar-refractivity contribution in [2.24, 2.45) is 5.73 Å². The van der Waals surface area contributed by atoms with Gasteiger partial charge in [-0.3, -0.25) is 4.79 Å². The summed E-state index contributed by atoms with van der Waals surface area (Å²) in [7, 11) is 0. The first-order chi connectivity index (χ1) is 8.11. The van der Waals surface area contributed by atoms with Crippen molar-refractivity contribution in [2.75, 3.05) is 6.54 Å². The summed E-state index contributed by atoms with van der Waals surface area (Å²) in [5.41, 5.74) is 4.68. The van der Waals surface area contributed by atoms with Gasteiger partial charge in [0, 0.05) is 6.54 Å². The van der Waals surface area contributed by atoms with E-state index in [1.54, 1.807) is 20.8 Å². The summed E-state index contributed by atoms with van der Waals surface area (Å²) in [6.07, 6.45) is -1.12. The van der Waals surface area contributed by atoms with Gasteiger partial charge in [-0.2, -0.15) is 0 Å². The molecule has 0 spiro atoms. The maximum absolute atomic E-state index is 11.2. The maximum atomic E-state index is 11.2. The molecular formula is C11H22N2O5. The fourth-order valence-electron chi connectivity index (χ4n) is 1.11. The number of rotatable bonds is 6. The van der Waals surface area contributed by atoms with Gasteiger partial charge in [0.15, 0.2) is 0 Å². The number of hydrogen-bond acceptors (Lipinski definition) is 5. The minimum absolute atomic E-state index is 0.00124. The van der Waals surface area contributed by atoms with Gasteiger partial charge in [-0.25, -0.2) is 4.79 Å². The first-order valence-corrected chi connectivity index (χ1v) is 5.75. The van der Waals surface area contributed by atoms with E-state index in [1.807, 2.05) is 0 Å². The Balaban J connectivity index is 3.80. The minimum atomic E-state index is -1.11. The van der Waals surface area contributed by atoms with E-state index in [9.17, 15) is 14.7 Å². The molecule has 7 nitrogen and oxygen atoms in total. The van der Waals surface area contributed by atoms with Crippen LogP contribution < -0.4 is 11.1 Å². The molecule has 0 aliphatic rings. The van der Waals surface area contributed by atoms with Crippen molar-refractivity contribution in [1.82, 2.24) is 5.32 Å². The van der Waals surface area contributed by atoms with Gasteiger partial charge < -0.3 is 26.0 Å². The number of carbonyl (C=O) groups is 2. The predicted molar refractivity (Wildman–Crippen MR) is 65.1 cm³/mol. The van der Waals surface area contributed by atoms with Gasteiger partial charge in [0.2, 0.25) is 0 Å². The monoisotopic (exact) mass is 262 g/mol. The molecule has 0 fully saturated rings. The number of amides is 1. The molecular weight excluding hydrogens is 240 g/mol. The van der Waals surface area contributed by atoms with E-state index in [-0.39, 0.29) is 19.4 Å². The molecule has 0 radical (unpaired) electrons. The predicted octanol–water partition coefficient (Wildman–Crippen LogP) is 0.0641. The highest BCUT2D eigenvalue weighted by Gasteiger charge is 2.18. The third kappa shape index (κ3) is 8.77. The normalized spacial score (nSPS) is 14.7. The lowest BCUT2D eigenvalue weighted by Gasteiger charge is -2.20. The molecule has 0 unspecified atom stereocenters. The van der Waals surface area contributed by atoms with Crippen molar-refractivity contribution < 1.29 is 24.5 Å². The number of nitrogens with one attached hydrogen (secondary N) is 1. The Labute approximate surface area is 106 Å². The van der Waals surface area contributed by atoms with Crippen LogP contribution in [-0.2, 0) is 9.53 Å². The number of aliphatic carboxylic acids is 1. The quantitative estimate of drug-likeness (QED) is 0.537. The number of hydrogen-bond donors (Lipinski definition) is 4. The summed E-state index contributed by atoms with van der Waals surface area (Å²) in [4.78, 5) is 21.7. The van der Waals surface area contributed by atoms with E-state index in [1.165, 1.54) is 0 Å². The molecule has 0 heterocycles. The SMILES string of the molecule is CC(C)(C)OC(=O)NC[C@H](O)CC[C@H](N)C(=O)O. The number of alkyl carbamates (subject to hydrolysis) is 1. The summed E-state index contributed by atoms with van der Waals surface area (Å²) >= 11 is 0. The molecule has 0 rings (SSSR count). The molecule has 0 aliphatic heterocycles. The Morgan fingerprint density at radius 1 is 1.33 bits per heavy atom. The maximum Gasteiger partial charge on any atom is 0.407 e. The summed E-state index contributed by atoms with van der Waals surface area (Å²) < 4.78 is 4.97. The number of aliphatic hydroxyl groups is 1. The topological polar surface area (TPSA) is 122 Å². The molecule has 106 valence electrons. The molecule has 0 aromatic rings. The fourth-order valence-corrected chi connectivity index (χ4v) is 1.11. The summed E-state index contributed by atoms with van der Waals surface area (Å²) in [6.45, 7) is 5.19. The van der Waals surface area contributed by atoms with Gasteiger partial charge in [-0.15, -0.1) is 0 Å². The lowest BCUT2D eigenvalue weighted by Crippen LogP contribution is -2.38. The number of carbonyl (C=O) groups excluding carboxylic acids is 1. The average Bonchev–Trinajstić information content (AvgIpc) is 2.20. The smallest absolute Gasteiger partial charge is 0.407 e. The highest BCUT2D eigenvalue weighted by molar-refractivity contribution is 5.72. The Bertz CT molecular complexity index is 288. The molecule has 0 aliphatic carbocycles. The van der Waals surface area contributed by atoms with Crippen LogP contribution in [0.15, 0.2) is 0 Å². The Morgan fingerprint density at radius 2 is 1.89 bits per heavy atom. The van der Waals surface area contributed by atoms with Crippen LogP contribution in [0, 0.1) is 0 Å². The lowest BCUT2D eigenvalue weighted by atomic mass is 10.1. The Morgan fingerprint density at radius 3 is 2.33 bits per heavy atom. The van der Waals surface area contributed by atoms with Crippen molar-refractivity contribution in [3.8, 4) is 0 Å². The van der Waals surface area contributed by atoms with E-state index in [4.69, 9.17) is 15.6 Å². The van der Waals surface area contributed by atoms with Crippen molar-refractivity contribution in [1.29, 1.82) is 0 Å². The zero-order valence-corrected chi connectivity index (χ0v) is 11.0. The average molecular weight is 262 g/mol. The van der Waals surface area contributed by atoms with Crippen molar-refractivity contribution in [2.45, 2.75) is 51.4 Å². The third-order valence-corrected chi connectivity index (χ3v) is 2.01. The summed E-state index contributed by atoms with van der Waals surface area (Å²) in [5.74, 6) is -1.11. The minimum Gasteiger partial charge on any atom is -0.480 e. The summed E-state index contributed by atoms with van der Waals surface area (Å²) in [6, 6.07) is -0.999.